The van der Waals surface area contributed by atoms with Crippen molar-refractivity contribution in [1.29, 1.82) is 0 Å². The van der Waals surface area contributed by atoms with E-state index in [-0.39, 0.29) is 11.1 Å². The molecule has 0 spiro atoms. The fourth-order valence-corrected chi connectivity index (χ4v) is 0. The molecule has 11 heavy (non-hydrogen) atoms. The van der Waals surface area contributed by atoms with Gasteiger partial charge in [-0.2, -0.15) is 0 Å². The van der Waals surface area contributed by atoms with Gasteiger partial charge in [-0.15, -0.1) is 5.54 Å². The van der Waals surface area contributed by atoms with Gasteiger partial charge in [0.2, 0.25) is 0 Å². The quantitative estimate of drug-likeness (QED) is 0.616. The second-order valence-corrected chi connectivity index (χ2v) is 5.08. The molecule has 0 atom stereocenters. The molecular weight excluding hydrogens is 215 g/mol. The molecule has 0 aromatic rings. The summed E-state index contributed by atoms with van der Waals surface area (Å²) in [5, 5.41) is 0. The van der Waals surface area contributed by atoms with Crippen molar-refractivity contribution in [3.63, 3.8) is 0 Å². The molecule has 0 heterocycles. The molecule has 1 N–H and O–H groups in total. The number of hydrogen-bond acceptors (Lipinski definition) is 1. The van der Waals surface area contributed by atoms with Gasteiger partial charge in [0.1, 0.15) is 0 Å². The Hall–Kier alpha value is 0.643. The molecule has 0 saturated heterocycles. The molecule has 2 nitrogen and oxygen atoms in total. The molecule has 0 fully saturated rings. The zero-order valence-electron chi connectivity index (χ0n) is 8.45. The van der Waals surface area contributed by atoms with Crippen molar-refractivity contribution in [2.45, 2.75) is 52.6 Å². The number of nitrogens with one attached hydrogen (secondary N) is 1. The van der Waals surface area contributed by atoms with Crippen LogP contribution in [0.4, 0.5) is 0 Å². The van der Waals surface area contributed by atoms with Crippen LogP contribution in [0.5, 0.6) is 0 Å². The SMILES string of the molecule is CC(C)(C)[NH-].CC(C)(C)[N]=[Zr]. The molecule has 0 amide bonds. The Morgan fingerprint density at radius 3 is 1.09 bits per heavy atom. The van der Waals surface area contributed by atoms with Crippen molar-refractivity contribution in [3.8, 4) is 0 Å². The summed E-state index contributed by atoms with van der Waals surface area (Å²) in [5.41, 5.74) is 6.89. The summed E-state index contributed by atoms with van der Waals surface area (Å²) in [6.45, 7) is 11.9. The number of hydrogen-bond donors (Lipinski definition) is 0. The predicted octanol–water partition coefficient (Wildman–Crippen LogP) is 3.35. The van der Waals surface area contributed by atoms with Gasteiger partial charge in [0.25, 0.3) is 0 Å². The van der Waals surface area contributed by atoms with E-state index in [1.165, 1.54) is 24.6 Å². The Balaban J connectivity index is 0. The maximum atomic E-state index is 6.94. The Labute approximate surface area is 85.7 Å². The zero-order valence-corrected chi connectivity index (χ0v) is 10.9. The van der Waals surface area contributed by atoms with Crippen LogP contribution in [0.2, 0.25) is 0 Å². The minimum absolute atomic E-state index is 0.207. The summed E-state index contributed by atoms with van der Waals surface area (Å²) in [7, 11) is 0. The first kappa shape index (κ1) is 14.2. The molecule has 0 radical (unpaired) electrons. The predicted molar refractivity (Wildman–Crippen MR) is 46.3 cm³/mol. The molecule has 0 aromatic carbocycles. The van der Waals surface area contributed by atoms with E-state index in [4.69, 9.17) is 5.73 Å². The molecule has 3 heteroatoms. The van der Waals surface area contributed by atoms with Gasteiger partial charge in [0.15, 0.2) is 0 Å². The van der Waals surface area contributed by atoms with Gasteiger partial charge in [-0.3, -0.25) is 0 Å². The Bertz CT molecular complexity index is 102. The van der Waals surface area contributed by atoms with Gasteiger partial charge in [-0.05, 0) is 0 Å². The van der Waals surface area contributed by atoms with Crippen LogP contribution in [-0.2, 0) is 24.6 Å². The molecule has 0 aliphatic rings. The standard InChI is InChI=1S/C4H10N.C4H9N.Zr/c2*1-4(2,3)5;/h5H,1-3H3;1-3H3;/q-1;;. The van der Waals surface area contributed by atoms with Crippen LogP contribution >= 0.6 is 0 Å². The number of nitrogens with zero attached hydrogens (tertiary/aromatic N) is 1. The molecule has 0 rings (SSSR count). The number of rotatable bonds is 0. The van der Waals surface area contributed by atoms with Crippen molar-refractivity contribution >= 4 is 0 Å². The molecule has 0 unspecified atom stereocenters. The third-order valence-electron chi connectivity index (χ3n) is 0.335. The third-order valence-corrected chi connectivity index (χ3v) is 1.98. The molecule has 66 valence electrons. The summed E-state index contributed by atoms with van der Waals surface area (Å²) in [5.74, 6) is 0. The summed E-state index contributed by atoms with van der Waals surface area (Å²) < 4.78 is 4.11. The first-order valence-corrected chi connectivity index (χ1v) is 4.80. The second kappa shape index (κ2) is 5.32. The van der Waals surface area contributed by atoms with Crippen LogP contribution in [0.25, 0.3) is 5.73 Å². The summed E-state index contributed by atoms with van der Waals surface area (Å²) >= 11 is 1.28. The molecule has 0 aliphatic heterocycles. The van der Waals surface area contributed by atoms with Crippen molar-refractivity contribution in [3.05, 3.63) is 5.73 Å². The Kier molecular flexibility index (Phi) is 6.86. The van der Waals surface area contributed by atoms with E-state index in [9.17, 15) is 0 Å². The Morgan fingerprint density at radius 1 is 1.00 bits per heavy atom. The monoisotopic (exact) mass is 233 g/mol. The van der Waals surface area contributed by atoms with Crippen LogP contribution in [-0.4, -0.2) is 11.1 Å². The average molecular weight is 234 g/mol. The van der Waals surface area contributed by atoms with Crippen molar-refractivity contribution in [1.82, 2.24) is 0 Å². The summed E-state index contributed by atoms with van der Waals surface area (Å²) in [6.07, 6.45) is 0. The van der Waals surface area contributed by atoms with E-state index in [1.807, 2.05) is 20.8 Å². The first-order chi connectivity index (χ1) is 4.56. The van der Waals surface area contributed by atoms with Crippen molar-refractivity contribution < 1.29 is 24.6 Å². The molecule has 0 bridgehead atoms. The van der Waals surface area contributed by atoms with E-state index in [0.717, 1.165) is 0 Å². The topological polar surface area (TPSA) is 36.2 Å². The van der Waals surface area contributed by atoms with Gasteiger partial charge in [0.05, 0.1) is 0 Å². The van der Waals surface area contributed by atoms with E-state index in [1.54, 1.807) is 0 Å². The summed E-state index contributed by atoms with van der Waals surface area (Å²) in [4.78, 5) is 0. The van der Waals surface area contributed by atoms with Gasteiger partial charge in [-0.25, -0.2) is 0 Å². The van der Waals surface area contributed by atoms with Crippen molar-refractivity contribution in [2.24, 2.45) is 2.87 Å². The molecular formula is C8H19N2Zr-. The van der Waals surface area contributed by atoms with Gasteiger partial charge in [0, 0.05) is 0 Å². The summed E-state index contributed by atoms with van der Waals surface area (Å²) in [6, 6.07) is 0. The fourth-order valence-electron chi connectivity index (χ4n) is 0. The molecule has 0 aromatic heterocycles. The van der Waals surface area contributed by atoms with Gasteiger partial charge < -0.3 is 5.73 Å². The van der Waals surface area contributed by atoms with E-state index >= 15 is 0 Å². The third kappa shape index (κ3) is 59.9. The van der Waals surface area contributed by atoms with E-state index < -0.39 is 0 Å². The normalized spacial score (nSPS) is 11.5. The van der Waals surface area contributed by atoms with Crippen LogP contribution in [0.3, 0.4) is 0 Å². The van der Waals surface area contributed by atoms with Gasteiger partial charge in [-0.1, -0.05) is 20.8 Å². The van der Waals surface area contributed by atoms with Crippen molar-refractivity contribution in [2.75, 3.05) is 0 Å². The molecule has 0 aliphatic carbocycles. The van der Waals surface area contributed by atoms with Crippen LogP contribution in [0.15, 0.2) is 2.87 Å². The van der Waals surface area contributed by atoms with Crippen LogP contribution in [0.1, 0.15) is 41.5 Å². The van der Waals surface area contributed by atoms with E-state index in [2.05, 4.69) is 23.6 Å². The zero-order chi connectivity index (χ0) is 9.71. The van der Waals surface area contributed by atoms with Crippen LogP contribution < -0.4 is 0 Å². The Morgan fingerprint density at radius 2 is 1.09 bits per heavy atom. The average Bonchev–Trinajstić information content (AvgIpc) is 1.59. The molecule has 0 saturated carbocycles. The maximum absolute atomic E-state index is 6.94. The van der Waals surface area contributed by atoms with E-state index in [0.29, 0.717) is 0 Å². The van der Waals surface area contributed by atoms with Gasteiger partial charge >= 0.3 is 53.7 Å². The first-order valence-electron chi connectivity index (χ1n) is 3.70. The second-order valence-electron chi connectivity index (χ2n) is 4.53. The van der Waals surface area contributed by atoms with Crippen LogP contribution in [0, 0.1) is 0 Å². The fraction of sp³-hybridized carbons (Fsp3) is 1.00. The minimum atomic E-state index is -0.250.